The molecule has 0 aromatic rings. The van der Waals surface area contributed by atoms with Gasteiger partial charge in [0.15, 0.2) is 0 Å². The average molecular weight is 232 g/mol. The minimum atomic E-state index is -0.689. The summed E-state index contributed by atoms with van der Waals surface area (Å²) >= 11 is 1.34. The molecule has 0 amide bonds. The first kappa shape index (κ1) is 14.5. The summed E-state index contributed by atoms with van der Waals surface area (Å²) in [6, 6.07) is 0. The zero-order valence-corrected chi connectivity index (χ0v) is 11.2. The highest BCUT2D eigenvalue weighted by Crippen LogP contribution is 2.37. The van der Waals surface area contributed by atoms with Crippen molar-refractivity contribution in [2.75, 3.05) is 6.61 Å². The molecule has 0 heterocycles. The van der Waals surface area contributed by atoms with Gasteiger partial charge in [0, 0.05) is 0 Å². The Labute approximate surface area is 95.9 Å². The Hall–Kier alpha value is -0.510. The lowest BCUT2D eigenvalue weighted by atomic mass is 10.1. The molecule has 0 fully saturated rings. The van der Waals surface area contributed by atoms with E-state index < -0.39 is 9.49 Å². The summed E-state index contributed by atoms with van der Waals surface area (Å²) in [5, 5.41) is 0. The van der Waals surface area contributed by atoms with Gasteiger partial charge in [-0.3, -0.25) is 9.59 Å². The van der Waals surface area contributed by atoms with Gasteiger partial charge in [0.2, 0.25) is 0 Å². The average Bonchev–Trinajstić information content (AvgIpc) is 2.02. The van der Waals surface area contributed by atoms with Gasteiger partial charge in [-0.1, -0.05) is 0 Å². The molecule has 15 heavy (non-hydrogen) atoms. The van der Waals surface area contributed by atoms with Crippen molar-refractivity contribution in [3.05, 3.63) is 0 Å². The molecule has 0 unspecified atom stereocenters. The molecule has 0 rings (SSSR count). The maximum atomic E-state index is 11.6. The largest absolute Gasteiger partial charge is 0.465 e. The lowest BCUT2D eigenvalue weighted by Gasteiger charge is -2.30. The van der Waals surface area contributed by atoms with E-state index in [1.54, 1.807) is 20.8 Å². The van der Waals surface area contributed by atoms with E-state index in [0.717, 1.165) is 0 Å². The predicted octanol–water partition coefficient (Wildman–Crippen LogP) is 2.43. The zero-order valence-electron chi connectivity index (χ0n) is 10.3. The minimum absolute atomic E-state index is 0.0601. The normalized spacial score (nSPS) is 12.4. The molecular weight excluding hydrogens is 212 g/mol. The first-order valence-electron chi connectivity index (χ1n) is 5.02. The number of hydrogen-bond donors (Lipinski definition) is 0. The van der Waals surface area contributed by atoms with Crippen LogP contribution in [0.3, 0.4) is 0 Å². The molecule has 4 heteroatoms. The Kier molecular flexibility index (Phi) is 4.84. The number of ketones is 1. The van der Waals surface area contributed by atoms with Gasteiger partial charge in [0.1, 0.15) is 10.5 Å². The lowest BCUT2D eigenvalue weighted by Crippen LogP contribution is -2.38. The molecule has 0 N–H and O–H groups in total. The second kappa shape index (κ2) is 5.01. The smallest absolute Gasteiger partial charge is 0.321 e. The van der Waals surface area contributed by atoms with Crippen LogP contribution in [0.1, 0.15) is 41.5 Å². The number of carbonyl (C=O) groups is 2. The highest BCUT2D eigenvalue weighted by Gasteiger charge is 2.38. The molecule has 88 valence electrons. The molecule has 0 aliphatic heterocycles. The lowest BCUT2D eigenvalue weighted by molar-refractivity contribution is -0.145. The fourth-order valence-corrected chi connectivity index (χ4v) is 2.62. The molecule has 0 aliphatic carbocycles. The maximum Gasteiger partial charge on any atom is 0.321 e. The van der Waals surface area contributed by atoms with Gasteiger partial charge in [-0.15, -0.1) is 11.8 Å². The van der Waals surface area contributed by atoms with Crippen molar-refractivity contribution >= 4 is 23.5 Å². The summed E-state index contributed by atoms with van der Waals surface area (Å²) in [6.07, 6.45) is 0. The summed E-state index contributed by atoms with van der Waals surface area (Å²) in [6.45, 7) is 10.9. The van der Waals surface area contributed by atoms with Gasteiger partial charge in [0.05, 0.1) is 11.4 Å². The second-order valence-electron chi connectivity index (χ2n) is 4.40. The molecule has 0 bridgehead atoms. The molecule has 0 spiro atoms. The van der Waals surface area contributed by atoms with Crippen LogP contribution in [0.5, 0.6) is 0 Å². The van der Waals surface area contributed by atoms with Crippen LogP contribution in [0.15, 0.2) is 0 Å². The van der Waals surface area contributed by atoms with E-state index in [-0.39, 0.29) is 11.8 Å². The fourth-order valence-electron chi connectivity index (χ4n) is 1.06. The Morgan fingerprint density at radius 1 is 1.13 bits per heavy atom. The van der Waals surface area contributed by atoms with E-state index in [4.69, 9.17) is 4.74 Å². The zero-order chi connectivity index (χ0) is 12.3. The molecule has 0 saturated heterocycles. The third-order valence-corrected chi connectivity index (χ3v) is 3.60. The Bertz CT molecular complexity index is 257. The first-order valence-corrected chi connectivity index (χ1v) is 5.83. The van der Waals surface area contributed by atoms with Gasteiger partial charge < -0.3 is 4.74 Å². The molecule has 0 aliphatic rings. The van der Waals surface area contributed by atoms with Crippen LogP contribution < -0.4 is 0 Å². The van der Waals surface area contributed by atoms with Gasteiger partial charge in [-0.2, -0.15) is 0 Å². The van der Waals surface area contributed by atoms with Crippen LogP contribution in [-0.4, -0.2) is 27.9 Å². The summed E-state index contributed by atoms with van der Waals surface area (Å²) < 4.78 is 3.71. The second-order valence-corrected chi connectivity index (χ2v) is 6.64. The summed E-state index contributed by atoms with van der Waals surface area (Å²) in [5.41, 5.74) is 0. The number of esters is 1. The maximum absolute atomic E-state index is 11.6. The number of ether oxygens (including phenoxy) is 1. The summed E-state index contributed by atoms with van der Waals surface area (Å²) in [5.74, 6) is -0.214. The quantitative estimate of drug-likeness (QED) is 0.683. The van der Waals surface area contributed by atoms with Gasteiger partial charge >= 0.3 is 5.97 Å². The highest BCUT2D eigenvalue weighted by atomic mass is 32.2. The van der Waals surface area contributed by atoms with Crippen LogP contribution in [0.2, 0.25) is 0 Å². The predicted molar refractivity (Wildman–Crippen MR) is 63.1 cm³/mol. The molecule has 0 aromatic heterocycles. The number of Topliss-reactive ketones (excluding diaryl/α,β-unsaturated/α-hetero) is 1. The number of rotatable bonds is 5. The molecular formula is C11H20O3S. The third-order valence-electron chi connectivity index (χ3n) is 2.13. The van der Waals surface area contributed by atoms with Gasteiger partial charge in [0.25, 0.3) is 0 Å². The topological polar surface area (TPSA) is 43.4 Å². The van der Waals surface area contributed by atoms with Crippen molar-refractivity contribution in [1.82, 2.24) is 0 Å². The molecule has 0 atom stereocenters. The van der Waals surface area contributed by atoms with Gasteiger partial charge in [-0.25, -0.2) is 0 Å². The van der Waals surface area contributed by atoms with Crippen molar-refractivity contribution in [2.24, 2.45) is 0 Å². The van der Waals surface area contributed by atoms with Crippen molar-refractivity contribution in [1.29, 1.82) is 0 Å². The van der Waals surface area contributed by atoms with Gasteiger partial charge in [-0.05, 0) is 41.5 Å². The minimum Gasteiger partial charge on any atom is -0.465 e. The van der Waals surface area contributed by atoms with Crippen molar-refractivity contribution in [3.63, 3.8) is 0 Å². The fraction of sp³-hybridized carbons (Fsp3) is 0.818. The Morgan fingerprint density at radius 2 is 1.60 bits per heavy atom. The van der Waals surface area contributed by atoms with E-state index >= 15 is 0 Å². The molecule has 0 saturated carbocycles. The first-order chi connectivity index (χ1) is 6.63. The van der Waals surface area contributed by atoms with Crippen LogP contribution in [0.4, 0.5) is 0 Å². The van der Waals surface area contributed by atoms with Crippen LogP contribution in [0, 0.1) is 0 Å². The Morgan fingerprint density at radius 3 is 1.93 bits per heavy atom. The van der Waals surface area contributed by atoms with Crippen LogP contribution in [-0.2, 0) is 14.3 Å². The molecule has 0 aromatic carbocycles. The SMILES string of the molecule is CCOC(=O)C(C)(C)SC(C)(C)C(C)=O. The number of hydrogen-bond acceptors (Lipinski definition) is 4. The van der Waals surface area contributed by atoms with E-state index in [2.05, 4.69) is 0 Å². The third kappa shape index (κ3) is 4.24. The number of thioether (sulfide) groups is 1. The standard InChI is InChI=1S/C11H20O3S/c1-7-14-9(13)11(5,6)15-10(3,4)8(2)12/h7H2,1-6H3. The summed E-state index contributed by atoms with van der Waals surface area (Å²) in [4.78, 5) is 23.0. The Balaban J connectivity index is 4.63. The van der Waals surface area contributed by atoms with Crippen molar-refractivity contribution in [2.45, 2.75) is 51.0 Å². The van der Waals surface area contributed by atoms with Crippen LogP contribution in [0.25, 0.3) is 0 Å². The van der Waals surface area contributed by atoms with E-state index in [1.165, 1.54) is 18.7 Å². The van der Waals surface area contributed by atoms with E-state index in [9.17, 15) is 9.59 Å². The molecule has 0 radical (unpaired) electrons. The highest BCUT2D eigenvalue weighted by molar-refractivity contribution is 8.03. The molecule has 3 nitrogen and oxygen atoms in total. The van der Waals surface area contributed by atoms with Crippen molar-refractivity contribution < 1.29 is 14.3 Å². The van der Waals surface area contributed by atoms with E-state index in [1.807, 2.05) is 13.8 Å². The van der Waals surface area contributed by atoms with Crippen molar-refractivity contribution in [3.8, 4) is 0 Å². The summed E-state index contributed by atoms with van der Waals surface area (Å²) in [7, 11) is 0. The van der Waals surface area contributed by atoms with E-state index in [0.29, 0.717) is 6.61 Å². The van der Waals surface area contributed by atoms with Crippen LogP contribution >= 0.6 is 11.8 Å². The monoisotopic (exact) mass is 232 g/mol. The number of carbonyl (C=O) groups excluding carboxylic acids is 2.